The largest absolute Gasteiger partial charge is 0.326 e. The van der Waals surface area contributed by atoms with Crippen LogP contribution in [0.25, 0.3) is 0 Å². The van der Waals surface area contributed by atoms with E-state index in [9.17, 15) is 14.4 Å². The summed E-state index contributed by atoms with van der Waals surface area (Å²) in [5, 5.41) is 14.8. The molecule has 104 valence electrons. The second-order valence-corrected chi connectivity index (χ2v) is 5.74. The molecule has 0 saturated carbocycles. The Morgan fingerprint density at radius 2 is 2.05 bits per heavy atom. The van der Waals surface area contributed by atoms with Crippen molar-refractivity contribution in [3.63, 3.8) is 0 Å². The lowest BCUT2D eigenvalue weighted by atomic mass is 9.84. The molecule has 1 atom stereocenters. The molecular formula is C15H16FN3O. The van der Waals surface area contributed by atoms with Gasteiger partial charge in [0.15, 0.2) is 0 Å². The van der Waals surface area contributed by atoms with Crippen LogP contribution in [0.5, 0.6) is 0 Å². The molecule has 0 radical (unpaired) electrons. The highest BCUT2D eigenvalue weighted by molar-refractivity contribution is 5.80. The number of hydrogen-bond acceptors (Lipinski definition) is 2. The van der Waals surface area contributed by atoms with Crippen LogP contribution in [0.3, 0.4) is 0 Å². The number of nitriles is 1. The summed E-state index contributed by atoms with van der Waals surface area (Å²) >= 11 is 0. The van der Waals surface area contributed by atoms with E-state index in [1.54, 1.807) is 12.1 Å². The maximum Gasteiger partial charge on any atom is 0.319 e. The molecule has 1 aliphatic heterocycles. The van der Waals surface area contributed by atoms with Gasteiger partial charge in [0.25, 0.3) is 0 Å². The van der Waals surface area contributed by atoms with Crippen molar-refractivity contribution in [1.82, 2.24) is 10.6 Å². The van der Waals surface area contributed by atoms with Gasteiger partial charge in [0.1, 0.15) is 5.82 Å². The van der Waals surface area contributed by atoms with Gasteiger partial charge in [0.05, 0.1) is 17.7 Å². The van der Waals surface area contributed by atoms with E-state index in [4.69, 9.17) is 0 Å². The average Bonchev–Trinajstić information content (AvgIpc) is 2.36. The van der Waals surface area contributed by atoms with Gasteiger partial charge in [-0.15, -0.1) is 0 Å². The van der Waals surface area contributed by atoms with Crippen molar-refractivity contribution in [3.05, 3.63) is 46.9 Å². The Labute approximate surface area is 117 Å². The topological polar surface area (TPSA) is 64.9 Å². The van der Waals surface area contributed by atoms with Crippen molar-refractivity contribution >= 4 is 6.03 Å². The number of hydrogen-bond donors (Lipinski definition) is 2. The van der Waals surface area contributed by atoms with Crippen LogP contribution in [0.1, 0.15) is 32.4 Å². The van der Waals surface area contributed by atoms with Gasteiger partial charge in [-0.2, -0.15) is 5.26 Å². The van der Waals surface area contributed by atoms with Gasteiger partial charge in [-0.3, -0.25) is 0 Å². The number of carbonyl (C=O) groups excluding carboxylic acids is 1. The van der Waals surface area contributed by atoms with E-state index in [1.807, 2.05) is 20.8 Å². The highest BCUT2D eigenvalue weighted by Crippen LogP contribution is 2.34. The van der Waals surface area contributed by atoms with Gasteiger partial charge in [-0.1, -0.05) is 32.9 Å². The monoisotopic (exact) mass is 273 g/mol. The maximum atomic E-state index is 13.4. The predicted molar refractivity (Wildman–Crippen MR) is 72.9 cm³/mol. The number of benzene rings is 1. The molecule has 2 rings (SSSR count). The van der Waals surface area contributed by atoms with E-state index in [1.165, 1.54) is 12.1 Å². The summed E-state index contributed by atoms with van der Waals surface area (Å²) in [5.74, 6) is -0.398. The van der Waals surface area contributed by atoms with E-state index in [0.29, 0.717) is 16.8 Å². The van der Waals surface area contributed by atoms with E-state index in [2.05, 4.69) is 16.7 Å². The van der Waals surface area contributed by atoms with Crippen LogP contribution >= 0.6 is 0 Å². The molecule has 20 heavy (non-hydrogen) atoms. The molecule has 0 aliphatic carbocycles. The first-order valence-electron chi connectivity index (χ1n) is 6.30. The molecular weight excluding hydrogens is 257 g/mol. The summed E-state index contributed by atoms with van der Waals surface area (Å²) in [7, 11) is 0. The van der Waals surface area contributed by atoms with Crippen molar-refractivity contribution < 1.29 is 9.18 Å². The van der Waals surface area contributed by atoms with Gasteiger partial charge in [-0.25, -0.2) is 9.18 Å². The zero-order valence-electron chi connectivity index (χ0n) is 11.6. The van der Waals surface area contributed by atoms with Gasteiger partial charge in [0.2, 0.25) is 0 Å². The molecule has 2 amide bonds. The van der Waals surface area contributed by atoms with Crippen LogP contribution in [0.2, 0.25) is 0 Å². The maximum absolute atomic E-state index is 13.4. The number of allylic oxidation sites excluding steroid dienone is 1. The molecule has 2 N–H and O–H groups in total. The fourth-order valence-corrected chi connectivity index (χ4v) is 2.21. The Balaban J connectivity index is 2.57. The van der Waals surface area contributed by atoms with E-state index < -0.39 is 11.9 Å². The van der Waals surface area contributed by atoms with Crippen LogP contribution in [0.15, 0.2) is 35.5 Å². The minimum atomic E-state index is -0.626. The average molecular weight is 273 g/mol. The molecule has 1 heterocycles. The Kier molecular flexibility index (Phi) is 3.49. The molecule has 0 saturated heterocycles. The van der Waals surface area contributed by atoms with Crippen molar-refractivity contribution in [2.75, 3.05) is 0 Å². The molecule has 4 nitrogen and oxygen atoms in total. The molecule has 0 bridgehead atoms. The molecule has 0 spiro atoms. The fourth-order valence-electron chi connectivity index (χ4n) is 2.21. The number of nitrogens with zero attached hydrogens (tertiary/aromatic N) is 1. The summed E-state index contributed by atoms with van der Waals surface area (Å²) in [6.07, 6.45) is 0. The highest BCUT2D eigenvalue weighted by Gasteiger charge is 2.33. The zero-order valence-corrected chi connectivity index (χ0v) is 11.6. The standard InChI is InChI=1S/C15H16FN3O/c1-15(2,3)13-11(8-17)12(18-14(20)19-13)9-5-4-6-10(16)7-9/h4-7,12H,1-3H3,(H2,18,19,20)/t12-/m1/s1. The lowest BCUT2D eigenvalue weighted by Crippen LogP contribution is -2.46. The highest BCUT2D eigenvalue weighted by atomic mass is 19.1. The Morgan fingerprint density at radius 1 is 1.35 bits per heavy atom. The first kappa shape index (κ1) is 14.1. The number of nitrogens with one attached hydrogen (secondary N) is 2. The quantitative estimate of drug-likeness (QED) is 0.826. The van der Waals surface area contributed by atoms with Crippen LogP contribution in [-0.2, 0) is 0 Å². The second kappa shape index (κ2) is 4.97. The number of amides is 2. The Bertz CT molecular complexity index is 623. The summed E-state index contributed by atoms with van der Waals surface area (Å²) in [6.45, 7) is 5.73. The number of halogens is 1. The van der Waals surface area contributed by atoms with Crippen LogP contribution in [0, 0.1) is 22.6 Å². The van der Waals surface area contributed by atoms with Gasteiger partial charge < -0.3 is 10.6 Å². The smallest absolute Gasteiger partial charge is 0.319 e. The molecule has 1 aliphatic rings. The SMILES string of the molecule is CC(C)(C)C1=C(C#N)[C@@H](c2cccc(F)c2)NC(=O)N1. The number of carbonyl (C=O) groups is 1. The number of rotatable bonds is 1. The third-order valence-corrected chi connectivity index (χ3v) is 3.12. The Morgan fingerprint density at radius 3 is 2.60 bits per heavy atom. The molecule has 0 aromatic heterocycles. The summed E-state index contributed by atoms with van der Waals surface area (Å²) in [5.41, 5.74) is 1.15. The van der Waals surface area contributed by atoms with Gasteiger partial charge in [-0.05, 0) is 17.7 Å². The summed E-state index contributed by atoms with van der Waals surface area (Å²) in [6, 6.07) is 7.02. The van der Waals surface area contributed by atoms with Crippen molar-refractivity contribution in [3.8, 4) is 6.07 Å². The van der Waals surface area contributed by atoms with E-state index in [0.717, 1.165) is 0 Å². The molecule has 0 unspecified atom stereocenters. The lowest BCUT2D eigenvalue weighted by molar-refractivity contribution is 0.235. The zero-order chi connectivity index (χ0) is 14.9. The normalized spacial score (nSPS) is 19.1. The van der Waals surface area contributed by atoms with Crippen LogP contribution < -0.4 is 10.6 Å². The van der Waals surface area contributed by atoms with Crippen LogP contribution in [0.4, 0.5) is 9.18 Å². The lowest BCUT2D eigenvalue weighted by Gasteiger charge is -2.33. The molecule has 0 fully saturated rings. The number of urea groups is 1. The first-order valence-corrected chi connectivity index (χ1v) is 6.30. The summed E-state index contributed by atoms with van der Waals surface area (Å²) < 4.78 is 13.4. The molecule has 1 aromatic carbocycles. The van der Waals surface area contributed by atoms with Crippen LogP contribution in [-0.4, -0.2) is 6.03 Å². The summed E-state index contributed by atoms with van der Waals surface area (Å²) in [4.78, 5) is 11.8. The second-order valence-electron chi connectivity index (χ2n) is 5.74. The Hall–Kier alpha value is -2.35. The van der Waals surface area contributed by atoms with Gasteiger partial charge in [0, 0.05) is 11.1 Å². The minimum absolute atomic E-state index is 0.381. The first-order chi connectivity index (χ1) is 9.32. The molecule has 1 aromatic rings. The van der Waals surface area contributed by atoms with Crippen molar-refractivity contribution in [2.24, 2.45) is 5.41 Å². The fraction of sp³-hybridized carbons (Fsp3) is 0.333. The predicted octanol–water partition coefficient (Wildman–Crippen LogP) is 3.00. The third-order valence-electron chi connectivity index (χ3n) is 3.12. The third kappa shape index (κ3) is 2.64. The van der Waals surface area contributed by atoms with E-state index in [-0.39, 0.29) is 11.4 Å². The van der Waals surface area contributed by atoms with Crippen molar-refractivity contribution in [1.29, 1.82) is 5.26 Å². The minimum Gasteiger partial charge on any atom is -0.326 e. The van der Waals surface area contributed by atoms with Crippen molar-refractivity contribution in [2.45, 2.75) is 26.8 Å². The molecule has 5 heteroatoms. The van der Waals surface area contributed by atoms with Gasteiger partial charge >= 0.3 is 6.03 Å². The van der Waals surface area contributed by atoms with E-state index >= 15 is 0 Å².